The Balaban J connectivity index is 2.21. The van der Waals surface area contributed by atoms with Gasteiger partial charge in [0.25, 0.3) is 0 Å². The van der Waals surface area contributed by atoms with Crippen LogP contribution in [0.3, 0.4) is 0 Å². The third-order valence-electron chi connectivity index (χ3n) is 4.45. The fourth-order valence-corrected chi connectivity index (χ4v) is 4.70. The minimum atomic E-state index is -1.14. The molecule has 0 heterocycles. The second-order valence-electron chi connectivity index (χ2n) is 6.25. The Morgan fingerprint density at radius 1 is 0.889 bits per heavy atom. The first-order valence-electron chi connectivity index (χ1n) is 8.59. The van der Waals surface area contributed by atoms with Crippen molar-refractivity contribution >= 4 is 29.3 Å². The van der Waals surface area contributed by atoms with E-state index >= 15 is 0 Å². The van der Waals surface area contributed by atoms with Crippen molar-refractivity contribution < 1.29 is 15.6 Å². The number of hydrogen-bond acceptors (Lipinski definition) is 3. The quantitative estimate of drug-likeness (QED) is 0.623. The zero-order chi connectivity index (χ0) is 19.3. The number of carbonyl (C=O) groups excluding carboxylic acids is 1. The van der Waals surface area contributed by atoms with Crippen LogP contribution in [0.15, 0.2) is 84.9 Å². The molecule has 3 nitrogen and oxygen atoms in total. The molecule has 0 fully saturated rings. The van der Waals surface area contributed by atoms with Crippen molar-refractivity contribution in [2.24, 2.45) is 0 Å². The van der Waals surface area contributed by atoms with Gasteiger partial charge in [-0.25, -0.2) is 0 Å². The summed E-state index contributed by atoms with van der Waals surface area (Å²) in [5.74, 6) is -0.831. The highest BCUT2D eigenvalue weighted by atomic mass is 35.5. The lowest BCUT2D eigenvalue weighted by Crippen LogP contribution is -2.69. The molecular weight excluding hydrogens is 378 g/mol. The van der Waals surface area contributed by atoms with Crippen LogP contribution in [0.2, 0.25) is 5.02 Å². The van der Waals surface area contributed by atoms with Crippen LogP contribution < -0.4 is 10.8 Å². The van der Waals surface area contributed by atoms with E-state index in [1.165, 1.54) is 0 Å². The van der Waals surface area contributed by atoms with Gasteiger partial charge in [-0.15, -0.1) is 11.8 Å². The van der Waals surface area contributed by atoms with Gasteiger partial charge < -0.3 is 15.6 Å². The number of halogens is 1. The van der Waals surface area contributed by atoms with Gasteiger partial charge in [0.2, 0.25) is 0 Å². The average molecular weight is 398 g/mol. The largest absolute Gasteiger partial charge is 0.544 e. The molecule has 5 heteroatoms. The first-order chi connectivity index (χ1) is 13.0. The van der Waals surface area contributed by atoms with Crippen LogP contribution in [-0.4, -0.2) is 17.8 Å². The van der Waals surface area contributed by atoms with Gasteiger partial charge in [-0.3, -0.25) is 0 Å². The van der Waals surface area contributed by atoms with E-state index < -0.39 is 16.8 Å². The number of carbonyl (C=O) groups is 1. The summed E-state index contributed by atoms with van der Waals surface area (Å²) in [5, 5.41) is 11.9. The summed E-state index contributed by atoms with van der Waals surface area (Å²) in [6.45, 7) is 0. The first kappa shape index (κ1) is 19.5. The minimum Gasteiger partial charge on any atom is -0.544 e. The third-order valence-corrected chi connectivity index (χ3v) is 6.41. The average Bonchev–Trinajstić information content (AvgIpc) is 2.71. The molecule has 0 radical (unpaired) electrons. The van der Waals surface area contributed by atoms with E-state index in [-0.39, 0.29) is 0 Å². The van der Waals surface area contributed by atoms with E-state index in [9.17, 15) is 9.90 Å². The second-order valence-corrected chi connectivity index (χ2v) is 7.92. The number of benzene rings is 3. The molecule has 0 aliphatic carbocycles. The van der Waals surface area contributed by atoms with E-state index in [1.54, 1.807) is 11.8 Å². The maximum atomic E-state index is 11.3. The highest BCUT2D eigenvalue weighted by molar-refractivity contribution is 8.00. The summed E-state index contributed by atoms with van der Waals surface area (Å²) in [6, 6.07) is 27.0. The molecule has 3 aromatic carbocycles. The van der Waals surface area contributed by atoms with Crippen LogP contribution in [0.5, 0.6) is 0 Å². The van der Waals surface area contributed by atoms with Crippen LogP contribution in [0.4, 0.5) is 0 Å². The lowest BCUT2D eigenvalue weighted by molar-refractivity contribution is -0.431. The minimum absolute atomic E-state index is 0.314. The first-order valence-corrected chi connectivity index (χ1v) is 9.95. The summed E-state index contributed by atoms with van der Waals surface area (Å²) in [7, 11) is 0. The van der Waals surface area contributed by atoms with Crippen LogP contribution >= 0.6 is 23.4 Å². The standard InChI is InChI=1S/C22H20ClNO2S/c23-19-13-11-18(12-14-19)22(16-7-3-1-4-8-16,17-9-5-2-6-10-17)27-15-20(24)21(25)26/h1-14,20H,15,24H2,(H,25,26)/t20-/m0/s1. The molecule has 3 aromatic rings. The molecule has 1 atom stereocenters. The maximum absolute atomic E-state index is 11.3. The van der Waals surface area contributed by atoms with Crippen LogP contribution in [0.25, 0.3) is 0 Å². The Bertz CT molecular complexity index is 846. The second kappa shape index (κ2) is 8.61. The Labute approximate surface area is 168 Å². The van der Waals surface area contributed by atoms with Gasteiger partial charge in [0.05, 0.1) is 16.5 Å². The van der Waals surface area contributed by atoms with Crippen molar-refractivity contribution in [2.75, 3.05) is 5.75 Å². The number of carboxylic acids is 1. The van der Waals surface area contributed by atoms with Crippen molar-refractivity contribution in [3.63, 3.8) is 0 Å². The molecule has 0 saturated heterocycles. The lowest BCUT2D eigenvalue weighted by Gasteiger charge is -2.36. The maximum Gasteiger partial charge on any atom is 0.134 e. The molecule has 0 aliphatic rings. The number of hydrogen-bond donors (Lipinski definition) is 1. The molecule has 0 spiro atoms. The fourth-order valence-electron chi connectivity index (χ4n) is 3.07. The molecule has 0 amide bonds. The molecule has 0 unspecified atom stereocenters. The molecule has 3 N–H and O–H groups in total. The predicted molar refractivity (Wildman–Crippen MR) is 108 cm³/mol. The van der Waals surface area contributed by atoms with Crippen LogP contribution in [-0.2, 0) is 9.54 Å². The molecule has 0 aromatic heterocycles. The molecule has 138 valence electrons. The number of quaternary nitrogens is 1. The highest BCUT2D eigenvalue weighted by Crippen LogP contribution is 2.48. The van der Waals surface area contributed by atoms with E-state index in [0.29, 0.717) is 10.8 Å². The summed E-state index contributed by atoms with van der Waals surface area (Å²) in [6.07, 6.45) is 0. The number of rotatable bonds is 7. The van der Waals surface area contributed by atoms with Gasteiger partial charge in [0.1, 0.15) is 6.04 Å². The van der Waals surface area contributed by atoms with Gasteiger partial charge in [-0.05, 0) is 28.8 Å². The van der Waals surface area contributed by atoms with Gasteiger partial charge >= 0.3 is 0 Å². The molecule has 27 heavy (non-hydrogen) atoms. The normalized spacial score (nSPS) is 12.5. The molecular formula is C22H20ClNO2S. The zero-order valence-corrected chi connectivity index (χ0v) is 16.2. The Morgan fingerprint density at radius 3 is 1.78 bits per heavy atom. The smallest absolute Gasteiger partial charge is 0.134 e. The fraction of sp³-hybridized carbons (Fsp3) is 0.136. The van der Waals surface area contributed by atoms with E-state index in [4.69, 9.17) is 11.6 Å². The summed E-state index contributed by atoms with van der Waals surface area (Å²) >= 11 is 7.66. The highest BCUT2D eigenvalue weighted by Gasteiger charge is 2.37. The number of carboxylic acid groups (broad SMARTS) is 1. The Kier molecular flexibility index (Phi) is 6.22. The number of aliphatic carboxylic acids is 1. The van der Waals surface area contributed by atoms with Gasteiger partial charge in [0.15, 0.2) is 0 Å². The van der Waals surface area contributed by atoms with Gasteiger partial charge in [0, 0.05) is 5.02 Å². The SMILES string of the molecule is [NH3+][C@@H](CSC(c1ccccc1)(c1ccccc1)c1ccc(Cl)cc1)C(=O)[O-]. The lowest BCUT2D eigenvalue weighted by atomic mass is 9.84. The molecule has 0 aliphatic heterocycles. The monoisotopic (exact) mass is 397 g/mol. The van der Waals surface area contributed by atoms with Gasteiger partial charge in [-0.1, -0.05) is 84.4 Å². The summed E-state index contributed by atoms with van der Waals surface area (Å²) < 4.78 is -0.585. The summed E-state index contributed by atoms with van der Waals surface area (Å²) in [5.41, 5.74) is 6.89. The predicted octanol–water partition coefficient (Wildman–Crippen LogP) is 2.73. The Hall–Kier alpha value is -2.27. The number of thioether (sulfide) groups is 1. The van der Waals surface area contributed by atoms with Crippen LogP contribution in [0, 0.1) is 0 Å². The molecule has 0 saturated carbocycles. The molecule has 0 bridgehead atoms. The third kappa shape index (κ3) is 4.19. The zero-order valence-electron chi connectivity index (χ0n) is 14.7. The van der Waals surface area contributed by atoms with E-state index in [1.807, 2.05) is 60.7 Å². The topological polar surface area (TPSA) is 67.8 Å². The van der Waals surface area contributed by atoms with Crippen molar-refractivity contribution in [3.8, 4) is 0 Å². The van der Waals surface area contributed by atoms with Crippen LogP contribution in [0.1, 0.15) is 16.7 Å². The Morgan fingerprint density at radius 2 is 1.33 bits per heavy atom. The van der Waals surface area contributed by atoms with Crippen molar-refractivity contribution in [1.29, 1.82) is 0 Å². The van der Waals surface area contributed by atoms with E-state index in [2.05, 4.69) is 30.0 Å². The molecule has 3 rings (SSSR count). The summed E-state index contributed by atoms with van der Waals surface area (Å²) in [4.78, 5) is 11.3. The van der Waals surface area contributed by atoms with E-state index in [0.717, 1.165) is 16.7 Å². The van der Waals surface area contributed by atoms with Gasteiger partial charge in [-0.2, -0.15) is 0 Å². The van der Waals surface area contributed by atoms with Crippen molar-refractivity contribution in [1.82, 2.24) is 0 Å². The van der Waals surface area contributed by atoms with Crippen molar-refractivity contribution in [2.45, 2.75) is 10.8 Å². The van der Waals surface area contributed by atoms with Crippen molar-refractivity contribution in [3.05, 3.63) is 107 Å².